The number of rotatable bonds is 3. The summed E-state index contributed by atoms with van der Waals surface area (Å²) in [6, 6.07) is 3.77. The van der Waals surface area contributed by atoms with Crippen molar-refractivity contribution in [3.05, 3.63) is 47.1 Å². The van der Waals surface area contributed by atoms with Crippen LogP contribution >= 0.6 is 0 Å². The third-order valence-electron chi connectivity index (χ3n) is 3.19. The van der Waals surface area contributed by atoms with Crippen LogP contribution < -0.4 is 0 Å². The van der Waals surface area contributed by atoms with Crippen LogP contribution in [0.4, 0.5) is 13.2 Å². The Labute approximate surface area is 136 Å². The molecule has 24 heavy (non-hydrogen) atoms. The summed E-state index contributed by atoms with van der Waals surface area (Å²) in [6.45, 7) is 7.25. The van der Waals surface area contributed by atoms with E-state index in [0.29, 0.717) is 5.82 Å². The van der Waals surface area contributed by atoms with E-state index in [4.69, 9.17) is 9.26 Å². The predicted octanol–water partition coefficient (Wildman–Crippen LogP) is 4.30. The van der Waals surface area contributed by atoms with E-state index >= 15 is 0 Å². The highest BCUT2D eigenvalue weighted by Gasteiger charge is 2.30. The van der Waals surface area contributed by atoms with Gasteiger partial charge in [0.05, 0.1) is 11.1 Å². The van der Waals surface area contributed by atoms with Crippen LogP contribution in [0, 0.1) is 0 Å². The van der Waals surface area contributed by atoms with Gasteiger partial charge in [0, 0.05) is 5.41 Å². The molecule has 1 aromatic heterocycles. The lowest BCUT2D eigenvalue weighted by atomic mass is 9.96. The molecule has 5 nitrogen and oxygen atoms in total. The van der Waals surface area contributed by atoms with Crippen molar-refractivity contribution in [3.8, 4) is 0 Å². The average molecular weight is 342 g/mol. The first-order valence-corrected chi connectivity index (χ1v) is 7.21. The lowest BCUT2D eigenvalue weighted by Crippen LogP contribution is -2.14. The van der Waals surface area contributed by atoms with Gasteiger partial charge in [0.1, 0.15) is 0 Å². The molecule has 2 rings (SSSR count). The largest absolute Gasteiger partial charge is 0.449 e. The Morgan fingerprint density at radius 2 is 1.75 bits per heavy atom. The van der Waals surface area contributed by atoms with Crippen molar-refractivity contribution in [2.45, 2.75) is 45.4 Å². The number of halogens is 3. The summed E-state index contributed by atoms with van der Waals surface area (Å²) in [6.07, 6.45) is -5.27. The van der Waals surface area contributed by atoms with Crippen molar-refractivity contribution in [1.82, 2.24) is 10.1 Å². The molecule has 1 unspecified atom stereocenters. The van der Waals surface area contributed by atoms with Crippen molar-refractivity contribution in [3.63, 3.8) is 0 Å². The molecule has 0 saturated carbocycles. The lowest BCUT2D eigenvalue weighted by Gasteiger charge is -2.12. The monoisotopic (exact) mass is 342 g/mol. The smallest absolute Gasteiger partial charge is 0.416 e. The van der Waals surface area contributed by atoms with Gasteiger partial charge in [-0.15, -0.1) is 0 Å². The molecule has 0 fully saturated rings. The first-order valence-electron chi connectivity index (χ1n) is 7.21. The zero-order valence-corrected chi connectivity index (χ0v) is 13.6. The minimum atomic E-state index is -4.46. The molecule has 0 N–H and O–H groups in total. The third-order valence-corrected chi connectivity index (χ3v) is 3.19. The Morgan fingerprint density at radius 1 is 1.17 bits per heavy atom. The molecule has 0 aliphatic carbocycles. The van der Waals surface area contributed by atoms with Crippen LogP contribution in [0.5, 0.6) is 0 Å². The first kappa shape index (κ1) is 18.0. The van der Waals surface area contributed by atoms with Gasteiger partial charge in [-0.25, -0.2) is 4.79 Å². The van der Waals surface area contributed by atoms with E-state index in [1.54, 1.807) is 6.92 Å². The van der Waals surface area contributed by atoms with E-state index in [-0.39, 0.29) is 16.9 Å². The van der Waals surface area contributed by atoms with E-state index < -0.39 is 23.8 Å². The second kappa shape index (κ2) is 6.26. The standard InChI is InChI=1S/C16H17F3N2O3/c1-9(12-20-14(21-24-12)15(2,3)4)23-13(22)10-5-7-11(8-6-10)16(17,18)19/h5-9H,1-4H3. The van der Waals surface area contributed by atoms with Crippen LogP contribution in [0.1, 0.15) is 61.4 Å². The quantitative estimate of drug-likeness (QED) is 0.778. The molecule has 1 heterocycles. The van der Waals surface area contributed by atoms with Gasteiger partial charge in [0.25, 0.3) is 5.89 Å². The second-order valence-electron chi connectivity index (χ2n) is 6.33. The molecule has 1 aromatic carbocycles. The fraction of sp³-hybridized carbons (Fsp3) is 0.438. The van der Waals surface area contributed by atoms with Crippen LogP contribution in [-0.2, 0) is 16.3 Å². The topological polar surface area (TPSA) is 65.2 Å². The number of ether oxygens (including phenoxy) is 1. The van der Waals surface area contributed by atoms with Gasteiger partial charge in [-0.05, 0) is 31.2 Å². The highest BCUT2D eigenvalue weighted by atomic mass is 19.4. The highest BCUT2D eigenvalue weighted by molar-refractivity contribution is 5.89. The Kier molecular flexibility index (Phi) is 4.68. The average Bonchev–Trinajstić information content (AvgIpc) is 2.96. The minimum absolute atomic E-state index is 0.00501. The minimum Gasteiger partial charge on any atom is -0.449 e. The van der Waals surface area contributed by atoms with Crippen molar-refractivity contribution < 1.29 is 27.2 Å². The zero-order valence-electron chi connectivity index (χ0n) is 13.6. The Morgan fingerprint density at radius 3 is 2.21 bits per heavy atom. The van der Waals surface area contributed by atoms with Gasteiger partial charge in [0.2, 0.25) is 0 Å². The van der Waals surface area contributed by atoms with Gasteiger partial charge in [0.15, 0.2) is 11.9 Å². The van der Waals surface area contributed by atoms with Crippen LogP contribution in [0.2, 0.25) is 0 Å². The molecule has 0 spiro atoms. The maximum atomic E-state index is 12.5. The van der Waals surface area contributed by atoms with Crippen molar-refractivity contribution in [1.29, 1.82) is 0 Å². The van der Waals surface area contributed by atoms with E-state index in [9.17, 15) is 18.0 Å². The van der Waals surface area contributed by atoms with Gasteiger partial charge >= 0.3 is 12.1 Å². The SMILES string of the molecule is CC(OC(=O)c1ccc(C(F)(F)F)cc1)c1nc(C(C)(C)C)no1. The van der Waals surface area contributed by atoms with Crippen molar-refractivity contribution >= 4 is 5.97 Å². The van der Waals surface area contributed by atoms with E-state index in [1.807, 2.05) is 20.8 Å². The number of hydrogen-bond acceptors (Lipinski definition) is 5. The molecule has 130 valence electrons. The van der Waals surface area contributed by atoms with Gasteiger partial charge in [-0.1, -0.05) is 25.9 Å². The number of nitrogens with zero attached hydrogens (tertiary/aromatic N) is 2. The summed E-state index contributed by atoms with van der Waals surface area (Å²) in [5.74, 6) is -0.179. The Hall–Kier alpha value is -2.38. The number of esters is 1. The summed E-state index contributed by atoms with van der Waals surface area (Å²) in [7, 11) is 0. The Bertz CT molecular complexity index is 715. The number of benzene rings is 1. The molecule has 0 aliphatic rings. The lowest BCUT2D eigenvalue weighted by molar-refractivity contribution is -0.137. The van der Waals surface area contributed by atoms with E-state index in [2.05, 4.69) is 10.1 Å². The Balaban J connectivity index is 2.07. The number of alkyl halides is 3. The van der Waals surface area contributed by atoms with Gasteiger partial charge < -0.3 is 9.26 Å². The summed E-state index contributed by atoms with van der Waals surface area (Å²) < 4.78 is 47.7. The predicted molar refractivity (Wildman–Crippen MR) is 78.3 cm³/mol. The molecule has 1 atom stereocenters. The summed E-state index contributed by atoms with van der Waals surface area (Å²) >= 11 is 0. The summed E-state index contributed by atoms with van der Waals surface area (Å²) in [4.78, 5) is 16.2. The maximum Gasteiger partial charge on any atom is 0.416 e. The molecular weight excluding hydrogens is 325 g/mol. The van der Waals surface area contributed by atoms with Crippen LogP contribution in [0.3, 0.4) is 0 Å². The molecule has 0 radical (unpaired) electrons. The zero-order chi connectivity index (χ0) is 18.1. The first-order chi connectivity index (χ1) is 11.0. The fourth-order valence-corrected chi connectivity index (χ4v) is 1.78. The molecular formula is C16H17F3N2O3. The number of carbonyl (C=O) groups is 1. The number of hydrogen-bond donors (Lipinski definition) is 0. The molecule has 0 amide bonds. The van der Waals surface area contributed by atoms with Crippen molar-refractivity contribution in [2.24, 2.45) is 0 Å². The highest BCUT2D eigenvalue weighted by Crippen LogP contribution is 2.29. The van der Waals surface area contributed by atoms with Crippen molar-refractivity contribution in [2.75, 3.05) is 0 Å². The second-order valence-corrected chi connectivity index (χ2v) is 6.33. The summed E-state index contributed by atoms with van der Waals surface area (Å²) in [5.41, 5.74) is -1.15. The third kappa shape index (κ3) is 4.12. The number of aromatic nitrogens is 2. The van der Waals surface area contributed by atoms with Crippen LogP contribution in [0.25, 0.3) is 0 Å². The van der Waals surface area contributed by atoms with Crippen LogP contribution in [-0.4, -0.2) is 16.1 Å². The van der Waals surface area contributed by atoms with E-state index in [1.165, 1.54) is 0 Å². The summed E-state index contributed by atoms with van der Waals surface area (Å²) in [5, 5.41) is 3.82. The molecule has 0 bridgehead atoms. The molecule has 2 aromatic rings. The van der Waals surface area contributed by atoms with E-state index in [0.717, 1.165) is 24.3 Å². The van der Waals surface area contributed by atoms with Crippen LogP contribution in [0.15, 0.2) is 28.8 Å². The molecule has 8 heteroatoms. The van der Waals surface area contributed by atoms with Gasteiger partial charge in [-0.3, -0.25) is 0 Å². The number of carbonyl (C=O) groups excluding carboxylic acids is 1. The maximum absolute atomic E-state index is 12.5. The normalized spacial score (nSPS) is 13.6. The fourth-order valence-electron chi connectivity index (χ4n) is 1.78. The molecule has 0 aliphatic heterocycles. The molecule has 0 saturated heterocycles. The van der Waals surface area contributed by atoms with Gasteiger partial charge in [-0.2, -0.15) is 18.2 Å².